The summed E-state index contributed by atoms with van der Waals surface area (Å²) in [6.07, 6.45) is 4.53. The molecule has 1 atom stereocenters. The number of aromatic nitrogens is 3. The fourth-order valence-electron chi connectivity index (χ4n) is 2.96. The quantitative estimate of drug-likeness (QED) is 0.939. The summed E-state index contributed by atoms with van der Waals surface area (Å²) in [5, 5.41) is 11.0. The van der Waals surface area contributed by atoms with Crippen LogP contribution in [0.4, 0.5) is 0 Å². The summed E-state index contributed by atoms with van der Waals surface area (Å²) in [7, 11) is 0. The van der Waals surface area contributed by atoms with E-state index in [9.17, 15) is 4.79 Å². The molecule has 2 aromatic rings. The van der Waals surface area contributed by atoms with E-state index in [1.54, 1.807) is 12.3 Å². The van der Waals surface area contributed by atoms with E-state index in [0.29, 0.717) is 12.3 Å². The molecule has 1 amide bonds. The van der Waals surface area contributed by atoms with Crippen LogP contribution in [0.3, 0.4) is 0 Å². The van der Waals surface area contributed by atoms with Crippen LogP contribution in [0.15, 0.2) is 22.9 Å². The van der Waals surface area contributed by atoms with Crippen LogP contribution in [0.2, 0.25) is 0 Å². The first-order valence-corrected chi connectivity index (χ1v) is 7.37. The molecule has 1 aliphatic rings. The number of carbonyl (C=O) groups is 1. The van der Waals surface area contributed by atoms with Gasteiger partial charge in [0.15, 0.2) is 0 Å². The lowest BCUT2D eigenvalue weighted by Crippen LogP contribution is -2.47. The molecule has 1 saturated heterocycles. The number of H-pyrrole nitrogens is 1. The summed E-state index contributed by atoms with van der Waals surface area (Å²) < 4.78 is 5.17. The zero-order valence-corrected chi connectivity index (χ0v) is 12.4. The Labute approximate surface area is 123 Å². The maximum atomic E-state index is 12.6. The third kappa shape index (κ3) is 2.57. The van der Waals surface area contributed by atoms with Crippen LogP contribution in [-0.2, 0) is 11.8 Å². The Morgan fingerprint density at radius 1 is 1.57 bits per heavy atom. The van der Waals surface area contributed by atoms with Crippen LogP contribution in [-0.4, -0.2) is 39.3 Å². The maximum absolute atomic E-state index is 12.6. The zero-order valence-electron chi connectivity index (χ0n) is 12.4. The number of hydrogen-bond donors (Lipinski definition) is 1. The molecule has 3 rings (SSSR count). The van der Waals surface area contributed by atoms with Gasteiger partial charge in [0.05, 0.1) is 5.69 Å². The van der Waals surface area contributed by atoms with E-state index in [2.05, 4.69) is 22.3 Å². The predicted octanol–water partition coefficient (Wildman–Crippen LogP) is 2.15. The highest BCUT2D eigenvalue weighted by atomic mass is 16.5. The SMILES string of the molecule is CCc1cc(C(=O)N2CCCC(C)(c3ccn[nH]3)C2)on1. The Hall–Kier alpha value is -2.11. The topological polar surface area (TPSA) is 75.0 Å². The van der Waals surface area contributed by atoms with E-state index in [1.165, 1.54) is 0 Å². The van der Waals surface area contributed by atoms with Crippen molar-refractivity contribution in [1.29, 1.82) is 0 Å². The van der Waals surface area contributed by atoms with Gasteiger partial charge in [-0.1, -0.05) is 19.0 Å². The number of carbonyl (C=O) groups excluding carboxylic acids is 1. The summed E-state index contributed by atoms with van der Waals surface area (Å²) in [5.41, 5.74) is 1.80. The first kappa shape index (κ1) is 13.9. The highest BCUT2D eigenvalue weighted by Crippen LogP contribution is 2.32. The number of hydrogen-bond acceptors (Lipinski definition) is 4. The van der Waals surface area contributed by atoms with Crippen molar-refractivity contribution in [2.75, 3.05) is 13.1 Å². The molecular weight excluding hydrogens is 268 g/mol. The van der Waals surface area contributed by atoms with Gasteiger partial charge in [0.25, 0.3) is 5.91 Å². The Balaban J connectivity index is 1.78. The van der Waals surface area contributed by atoms with Gasteiger partial charge in [0.1, 0.15) is 0 Å². The largest absolute Gasteiger partial charge is 0.351 e. The summed E-state index contributed by atoms with van der Waals surface area (Å²) in [4.78, 5) is 14.4. The molecule has 21 heavy (non-hydrogen) atoms. The normalized spacial score (nSPS) is 22.5. The van der Waals surface area contributed by atoms with Crippen LogP contribution < -0.4 is 0 Å². The minimum absolute atomic E-state index is 0.0763. The molecule has 0 spiro atoms. The van der Waals surface area contributed by atoms with Crippen molar-refractivity contribution in [1.82, 2.24) is 20.3 Å². The van der Waals surface area contributed by atoms with Crippen LogP contribution >= 0.6 is 0 Å². The first-order chi connectivity index (χ1) is 10.1. The fraction of sp³-hybridized carbons (Fsp3) is 0.533. The van der Waals surface area contributed by atoms with E-state index < -0.39 is 0 Å². The molecule has 0 bridgehead atoms. The summed E-state index contributed by atoms with van der Waals surface area (Å²) in [6.45, 7) is 5.57. The zero-order chi connectivity index (χ0) is 14.9. The smallest absolute Gasteiger partial charge is 0.292 e. The number of aryl methyl sites for hydroxylation is 1. The van der Waals surface area contributed by atoms with Crippen LogP contribution in [0, 0.1) is 0 Å². The molecule has 1 fully saturated rings. The third-order valence-corrected chi connectivity index (χ3v) is 4.27. The van der Waals surface area contributed by atoms with Crippen molar-refractivity contribution in [2.45, 2.75) is 38.5 Å². The molecule has 3 heterocycles. The predicted molar refractivity (Wildman–Crippen MR) is 77.0 cm³/mol. The van der Waals surface area contributed by atoms with E-state index in [0.717, 1.165) is 37.2 Å². The Morgan fingerprint density at radius 2 is 2.43 bits per heavy atom. The maximum Gasteiger partial charge on any atom is 0.292 e. The van der Waals surface area contributed by atoms with Gasteiger partial charge in [-0.25, -0.2) is 0 Å². The second-order valence-corrected chi connectivity index (χ2v) is 5.90. The fourth-order valence-corrected chi connectivity index (χ4v) is 2.96. The minimum Gasteiger partial charge on any atom is -0.351 e. The molecule has 1 aliphatic heterocycles. The lowest BCUT2D eigenvalue weighted by Gasteiger charge is -2.39. The van der Waals surface area contributed by atoms with Gasteiger partial charge in [-0.3, -0.25) is 9.89 Å². The average molecular weight is 288 g/mol. The number of rotatable bonds is 3. The van der Waals surface area contributed by atoms with Crippen LogP contribution in [0.1, 0.15) is 48.6 Å². The van der Waals surface area contributed by atoms with Gasteiger partial charge >= 0.3 is 0 Å². The van der Waals surface area contributed by atoms with Crippen LogP contribution in [0.5, 0.6) is 0 Å². The van der Waals surface area contributed by atoms with E-state index in [-0.39, 0.29) is 11.3 Å². The Kier molecular flexibility index (Phi) is 3.53. The third-order valence-electron chi connectivity index (χ3n) is 4.27. The van der Waals surface area contributed by atoms with Crippen molar-refractivity contribution < 1.29 is 9.32 Å². The van der Waals surface area contributed by atoms with Crippen molar-refractivity contribution in [3.05, 3.63) is 35.5 Å². The van der Waals surface area contributed by atoms with E-state index in [4.69, 9.17) is 4.52 Å². The number of nitrogens with one attached hydrogen (secondary N) is 1. The lowest BCUT2D eigenvalue weighted by molar-refractivity contribution is 0.0606. The van der Waals surface area contributed by atoms with Gasteiger partial charge in [-0.05, 0) is 25.3 Å². The molecular formula is C15H20N4O2. The molecule has 1 unspecified atom stereocenters. The van der Waals surface area contributed by atoms with Gasteiger partial charge < -0.3 is 9.42 Å². The molecule has 0 radical (unpaired) electrons. The molecule has 6 nitrogen and oxygen atoms in total. The Morgan fingerprint density at radius 3 is 3.10 bits per heavy atom. The van der Waals surface area contributed by atoms with Crippen molar-refractivity contribution in [2.24, 2.45) is 0 Å². The molecule has 6 heteroatoms. The van der Waals surface area contributed by atoms with Crippen LogP contribution in [0.25, 0.3) is 0 Å². The van der Waals surface area contributed by atoms with Gasteiger partial charge in [0, 0.05) is 36.5 Å². The monoisotopic (exact) mass is 288 g/mol. The molecule has 2 aromatic heterocycles. The molecule has 1 N–H and O–H groups in total. The molecule has 112 valence electrons. The summed E-state index contributed by atoms with van der Waals surface area (Å²) in [6, 6.07) is 3.72. The molecule has 0 aliphatic carbocycles. The number of piperidine rings is 1. The van der Waals surface area contributed by atoms with Gasteiger partial charge in [-0.15, -0.1) is 0 Å². The van der Waals surface area contributed by atoms with Crippen molar-refractivity contribution in [3.8, 4) is 0 Å². The number of aromatic amines is 1. The van der Waals surface area contributed by atoms with E-state index in [1.807, 2.05) is 17.9 Å². The summed E-state index contributed by atoms with van der Waals surface area (Å²) >= 11 is 0. The van der Waals surface area contributed by atoms with E-state index >= 15 is 0 Å². The highest BCUT2D eigenvalue weighted by Gasteiger charge is 2.36. The second kappa shape index (κ2) is 5.35. The van der Waals surface area contributed by atoms with Gasteiger partial charge in [-0.2, -0.15) is 5.10 Å². The average Bonchev–Trinajstić information content (AvgIpc) is 3.18. The van der Waals surface area contributed by atoms with Crippen molar-refractivity contribution >= 4 is 5.91 Å². The standard InChI is InChI=1S/C15H20N4O2/c1-3-11-9-12(21-18-11)14(20)19-8-4-6-15(2,10-19)13-5-7-16-17-13/h5,7,9H,3-4,6,8,10H2,1-2H3,(H,16,17). The summed E-state index contributed by atoms with van der Waals surface area (Å²) in [5.74, 6) is 0.258. The number of amides is 1. The Bertz CT molecular complexity index is 619. The number of likely N-dealkylation sites (tertiary alicyclic amines) is 1. The molecule has 0 saturated carbocycles. The second-order valence-electron chi connectivity index (χ2n) is 5.90. The first-order valence-electron chi connectivity index (χ1n) is 7.37. The molecule has 0 aromatic carbocycles. The minimum atomic E-state index is -0.0853. The number of nitrogens with zero attached hydrogens (tertiary/aromatic N) is 3. The highest BCUT2D eigenvalue weighted by molar-refractivity contribution is 5.91. The van der Waals surface area contributed by atoms with Gasteiger partial charge in [0.2, 0.25) is 5.76 Å². The lowest BCUT2D eigenvalue weighted by atomic mass is 9.79. The van der Waals surface area contributed by atoms with Crippen molar-refractivity contribution in [3.63, 3.8) is 0 Å².